The number of unbranched alkanes of at least 4 members (excludes halogenated alkanes) is 1. The first kappa shape index (κ1) is 28.2. The van der Waals surface area contributed by atoms with Crippen molar-refractivity contribution in [2.75, 3.05) is 34.6 Å². The molecule has 1 aromatic heterocycles. The summed E-state index contributed by atoms with van der Waals surface area (Å²) in [5.74, 6) is 0.441. The second kappa shape index (κ2) is 12.8. The number of carbonyl (C=O) groups is 2. The quantitative estimate of drug-likeness (QED) is 0.326. The number of hydrogen-bond acceptors (Lipinski definition) is 6. The number of piperidine rings is 1. The van der Waals surface area contributed by atoms with E-state index in [1.54, 1.807) is 18.4 Å². The van der Waals surface area contributed by atoms with Crippen molar-refractivity contribution in [1.82, 2.24) is 4.90 Å². The Morgan fingerprint density at radius 3 is 2.36 bits per heavy atom. The number of amides is 2. The molecule has 4 rings (SSSR count). The highest BCUT2D eigenvalue weighted by Crippen LogP contribution is 2.30. The summed E-state index contributed by atoms with van der Waals surface area (Å²) in [5.41, 5.74) is 2.02. The molecule has 0 unspecified atom stereocenters. The highest BCUT2D eigenvalue weighted by Gasteiger charge is 2.25. The fourth-order valence-corrected chi connectivity index (χ4v) is 5.72. The van der Waals surface area contributed by atoms with Crippen LogP contribution in [0.4, 0.5) is 17.1 Å². The summed E-state index contributed by atoms with van der Waals surface area (Å²) < 4.78 is 34.6. The Labute approximate surface area is 230 Å². The van der Waals surface area contributed by atoms with Crippen LogP contribution in [0.3, 0.4) is 0 Å². The Balaban J connectivity index is 1.66. The second-order valence-electron chi connectivity index (χ2n) is 9.75. The van der Waals surface area contributed by atoms with Crippen LogP contribution in [-0.4, -0.2) is 44.8 Å². The highest BCUT2D eigenvalue weighted by molar-refractivity contribution is 7.92. The molecule has 3 aromatic rings. The van der Waals surface area contributed by atoms with Gasteiger partial charge in [-0.15, -0.1) is 0 Å². The Morgan fingerprint density at radius 2 is 1.72 bits per heavy atom. The van der Waals surface area contributed by atoms with Crippen molar-refractivity contribution >= 4 is 38.9 Å². The Kier molecular flexibility index (Phi) is 9.29. The molecule has 0 atom stereocenters. The molecule has 0 aliphatic carbocycles. The first-order chi connectivity index (χ1) is 18.8. The lowest BCUT2D eigenvalue weighted by Crippen LogP contribution is -2.37. The number of likely N-dealkylation sites (tertiary alicyclic amines) is 1. The number of nitrogens with one attached hydrogen (secondary N) is 2. The fraction of sp³-hybridized carbons (Fsp3) is 0.379. The molecule has 0 spiro atoms. The SMILES string of the molecule is CCCCN(Cc1ccco1)c1ccc(NS(=O)(=O)c2ccc(NC(C)=O)cc2)cc1C(=O)N1CCCCC1. The Morgan fingerprint density at radius 1 is 1.00 bits per heavy atom. The van der Waals surface area contributed by atoms with Crippen LogP contribution in [0.25, 0.3) is 0 Å². The molecule has 1 saturated heterocycles. The molecule has 0 saturated carbocycles. The molecular formula is C29H36N4O5S. The van der Waals surface area contributed by atoms with Crippen LogP contribution < -0.4 is 14.9 Å². The van der Waals surface area contributed by atoms with Gasteiger partial charge >= 0.3 is 0 Å². The maximum absolute atomic E-state index is 13.8. The molecule has 1 aliphatic heterocycles. The van der Waals surface area contributed by atoms with Crippen molar-refractivity contribution in [3.05, 3.63) is 72.2 Å². The van der Waals surface area contributed by atoms with Gasteiger partial charge in [0.25, 0.3) is 15.9 Å². The van der Waals surface area contributed by atoms with Gasteiger partial charge in [-0.1, -0.05) is 13.3 Å². The van der Waals surface area contributed by atoms with Crippen LogP contribution in [0.1, 0.15) is 62.1 Å². The van der Waals surface area contributed by atoms with Gasteiger partial charge in [0.1, 0.15) is 5.76 Å². The number of benzene rings is 2. The van der Waals surface area contributed by atoms with Crippen LogP contribution in [-0.2, 0) is 21.4 Å². The summed E-state index contributed by atoms with van der Waals surface area (Å²) in [6.07, 6.45) is 6.55. The molecule has 2 aromatic carbocycles. The molecule has 1 aliphatic rings. The summed E-state index contributed by atoms with van der Waals surface area (Å²) in [6.45, 7) is 6.09. The normalized spacial score (nSPS) is 13.6. The van der Waals surface area contributed by atoms with E-state index in [0.29, 0.717) is 36.6 Å². The minimum Gasteiger partial charge on any atom is -0.467 e. The van der Waals surface area contributed by atoms with E-state index < -0.39 is 10.0 Å². The molecule has 1 fully saturated rings. The van der Waals surface area contributed by atoms with Crippen LogP contribution in [0.2, 0.25) is 0 Å². The zero-order chi connectivity index (χ0) is 27.8. The summed E-state index contributed by atoms with van der Waals surface area (Å²) in [5, 5.41) is 2.62. The zero-order valence-corrected chi connectivity index (χ0v) is 23.3. The van der Waals surface area contributed by atoms with E-state index in [1.807, 2.05) is 23.1 Å². The number of carbonyl (C=O) groups excluding carboxylic acids is 2. The van der Waals surface area contributed by atoms with E-state index in [0.717, 1.165) is 50.1 Å². The zero-order valence-electron chi connectivity index (χ0n) is 22.5. The molecule has 0 radical (unpaired) electrons. The van der Waals surface area contributed by atoms with Crippen molar-refractivity contribution in [1.29, 1.82) is 0 Å². The van der Waals surface area contributed by atoms with Gasteiger partial charge in [-0.05, 0) is 80.3 Å². The Bertz CT molecular complexity index is 1370. The van der Waals surface area contributed by atoms with Crippen molar-refractivity contribution < 1.29 is 22.4 Å². The van der Waals surface area contributed by atoms with Crippen LogP contribution in [0.15, 0.2) is 70.2 Å². The predicted octanol–water partition coefficient (Wildman–Crippen LogP) is 5.47. The first-order valence-electron chi connectivity index (χ1n) is 13.4. The molecule has 208 valence electrons. The third kappa shape index (κ3) is 7.41. The van der Waals surface area contributed by atoms with E-state index in [2.05, 4.69) is 21.9 Å². The summed E-state index contributed by atoms with van der Waals surface area (Å²) in [6, 6.07) is 14.8. The third-order valence-corrected chi connectivity index (χ3v) is 8.05. The number of anilines is 3. The summed E-state index contributed by atoms with van der Waals surface area (Å²) in [4.78, 5) is 29.1. The van der Waals surface area contributed by atoms with Gasteiger partial charge in [-0.25, -0.2) is 8.42 Å². The van der Waals surface area contributed by atoms with E-state index in [9.17, 15) is 18.0 Å². The second-order valence-corrected chi connectivity index (χ2v) is 11.4. The standard InChI is InChI=1S/C29H36N4O5S/c1-3-4-16-33(21-25-9-8-19-38-25)28-15-12-24(20-27(28)29(35)32-17-6-5-7-18-32)31-39(36,37)26-13-10-23(11-14-26)30-22(2)34/h8-15,19-20,31H,3-7,16-18,21H2,1-2H3,(H,30,34). The fourth-order valence-electron chi connectivity index (χ4n) is 4.67. The topological polar surface area (TPSA) is 112 Å². The van der Waals surface area contributed by atoms with Crippen LogP contribution in [0.5, 0.6) is 0 Å². The number of hydrogen-bond donors (Lipinski definition) is 2. The van der Waals surface area contributed by atoms with Crippen LogP contribution in [0, 0.1) is 0 Å². The van der Waals surface area contributed by atoms with E-state index >= 15 is 0 Å². The van der Waals surface area contributed by atoms with E-state index in [1.165, 1.54) is 31.2 Å². The number of sulfonamides is 1. The van der Waals surface area contributed by atoms with Crippen molar-refractivity contribution in [3.63, 3.8) is 0 Å². The molecule has 10 heteroatoms. The lowest BCUT2D eigenvalue weighted by molar-refractivity contribution is -0.114. The Hall–Kier alpha value is -3.79. The molecule has 2 N–H and O–H groups in total. The van der Waals surface area contributed by atoms with Crippen molar-refractivity contribution in [2.45, 2.75) is 57.4 Å². The minimum atomic E-state index is -3.93. The van der Waals surface area contributed by atoms with Gasteiger partial charge in [0, 0.05) is 37.9 Å². The number of nitrogens with zero attached hydrogens (tertiary/aromatic N) is 2. The largest absolute Gasteiger partial charge is 0.467 e. The predicted molar refractivity (Wildman–Crippen MR) is 152 cm³/mol. The monoisotopic (exact) mass is 552 g/mol. The minimum absolute atomic E-state index is 0.0481. The van der Waals surface area contributed by atoms with E-state index in [4.69, 9.17) is 4.42 Å². The number of rotatable bonds is 11. The van der Waals surface area contributed by atoms with Crippen molar-refractivity contribution in [2.24, 2.45) is 0 Å². The van der Waals surface area contributed by atoms with Gasteiger partial charge in [0.05, 0.1) is 29.0 Å². The lowest BCUT2D eigenvalue weighted by atomic mass is 10.1. The van der Waals surface area contributed by atoms with Gasteiger partial charge in [-0.3, -0.25) is 14.3 Å². The first-order valence-corrected chi connectivity index (χ1v) is 14.9. The highest BCUT2D eigenvalue weighted by atomic mass is 32.2. The van der Waals surface area contributed by atoms with Gasteiger partial charge in [0.15, 0.2) is 0 Å². The van der Waals surface area contributed by atoms with Gasteiger partial charge < -0.3 is 19.5 Å². The number of furan rings is 1. The summed E-state index contributed by atoms with van der Waals surface area (Å²) >= 11 is 0. The van der Waals surface area contributed by atoms with Crippen LogP contribution >= 0.6 is 0 Å². The van der Waals surface area contributed by atoms with Crippen molar-refractivity contribution in [3.8, 4) is 0 Å². The molecule has 39 heavy (non-hydrogen) atoms. The molecule has 2 amide bonds. The molecule has 0 bridgehead atoms. The van der Waals surface area contributed by atoms with E-state index in [-0.39, 0.29) is 16.7 Å². The summed E-state index contributed by atoms with van der Waals surface area (Å²) in [7, 11) is -3.93. The third-order valence-electron chi connectivity index (χ3n) is 6.66. The smallest absolute Gasteiger partial charge is 0.261 e. The average molecular weight is 553 g/mol. The van der Waals surface area contributed by atoms with Gasteiger partial charge in [0.2, 0.25) is 5.91 Å². The average Bonchev–Trinajstić information content (AvgIpc) is 3.44. The van der Waals surface area contributed by atoms with Gasteiger partial charge in [-0.2, -0.15) is 0 Å². The maximum Gasteiger partial charge on any atom is 0.261 e. The lowest BCUT2D eigenvalue weighted by Gasteiger charge is -2.31. The molecule has 2 heterocycles. The molecule has 9 nitrogen and oxygen atoms in total. The maximum atomic E-state index is 13.8. The molecular weight excluding hydrogens is 516 g/mol.